The van der Waals surface area contributed by atoms with Crippen molar-refractivity contribution in [3.63, 3.8) is 0 Å². The zero-order valence-electron chi connectivity index (χ0n) is 34.6. The highest BCUT2D eigenvalue weighted by Crippen LogP contribution is 2.38. The molecule has 1 fully saturated rings. The largest absolute Gasteiger partial charge is 0.511 e. The summed E-state index contributed by atoms with van der Waals surface area (Å²) in [5, 5.41) is 31.8. The first kappa shape index (κ1) is 48.8. The molecule has 1 aliphatic carbocycles. The van der Waals surface area contributed by atoms with Crippen LogP contribution in [0.25, 0.3) is 0 Å². The van der Waals surface area contributed by atoms with Crippen LogP contribution in [0.3, 0.4) is 0 Å². The van der Waals surface area contributed by atoms with Crippen molar-refractivity contribution in [1.82, 2.24) is 0 Å². The molecule has 0 saturated heterocycles. The molecule has 1 saturated carbocycles. The van der Waals surface area contributed by atoms with Crippen molar-refractivity contribution < 1.29 is 58.2 Å². The number of esters is 3. The minimum absolute atomic E-state index is 0.0587. The van der Waals surface area contributed by atoms with Crippen molar-refractivity contribution in [2.45, 2.75) is 137 Å². The van der Waals surface area contributed by atoms with E-state index in [9.17, 15) is 34.5 Å². The molecular weight excluding hydrogens is 732 g/mol. The fraction of sp³-hybridized carbons (Fsp3) is 0.644. The molecule has 1 unspecified atom stereocenters. The van der Waals surface area contributed by atoms with Gasteiger partial charge in [-0.2, -0.15) is 0 Å². The zero-order chi connectivity index (χ0) is 42.6. The van der Waals surface area contributed by atoms with E-state index in [1.54, 1.807) is 34.6 Å². The van der Waals surface area contributed by atoms with Crippen LogP contribution in [0.5, 0.6) is 0 Å². The minimum Gasteiger partial charge on any atom is -0.465 e. The normalized spacial score (nSPS) is 19.5. The third-order valence-corrected chi connectivity index (χ3v) is 10.0. The number of benzene rings is 1. The second kappa shape index (κ2) is 23.8. The second-order valence-corrected chi connectivity index (χ2v) is 16.8. The zero-order valence-corrected chi connectivity index (χ0v) is 34.6. The van der Waals surface area contributed by atoms with Gasteiger partial charge in [0.1, 0.15) is 19.8 Å². The molecule has 12 nitrogen and oxygen atoms in total. The number of ether oxygens (including phenoxy) is 5. The number of aliphatic hydroxyl groups excluding tert-OH is 3. The van der Waals surface area contributed by atoms with Gasteiger partial charge in [0, 0.05) is 24.2 Å². The molecule has 1 aromatic carbocycles. The van der Waals surface area contributed by atoms with Gasteiger partial charge in [-0.3, -0.25) is 14.4 Å². The summed E-state index contributed by atoms with van der Waals surface area (Å²) in [5.41, 5.74) is -1.48. The van der Waals surface area contributed by atoms with Crippen LogP contribution in [0.15, 0.2) is 42.5 Å². The van der Waals surface area contributed by atoms with Crippen molar-refractivity contribution >= 4 is 24.1 Å². The van der Waals surface area contributed by atoms with Crippen molar-refractivity contribution in [3.8, 4) is 24.7 Å². The lowest BCUT2D eigenvalue weighted by molar-refractivity contribution is -0.169. The third kappa shape index (κ3) is 19.6. The van der Waals surface area contributed by atoms with Crippen molar-refractivity contribution in [2.75, 3.05) is 19.8 Å². The van der Waals surface area contributed by atoms with Crippen LogP contribution >= 0.6 is 0 Å². The van der Waals surface area contributed by atoms with E-state index in [-0.39, 0.29) is 50.9 Å². The molecule has 3 N–H and O–H groups in total. The molecule has 0 spiro atoms. The molecule has 0 aromatic heterocycles. The summed E-state index contributed by atoms with van der Waals surface area (Å²) in [7, 11) is 0. The molecule has 0 radical (unpaired) electrons. The third-order valence-electron chi connectivity index (χ3n) is 10.0. The maximum absolute atomic E-state index is 12.5. The maximum Gasteiger partial charge on any atom is 0.511 e. The number of unbranched alkanes of at least 4 members (excludes halogenated alkanes) is 1. The van der Waals surface area contributed by atoms with Crippen molar-refractivity contribution in [1.29, 1.82) is 0 Å². The van der Waals surface area contributed by atoms with E-state index in [1.807, 2.05) is 42.5 Å². The van der Waals surface area contributed by atoms with Crippen molar-refractivity contribution in [2.24, 2.45) is 28.1 Å². The molecule has 316 valence electrons. The Bertz CT molecular complexity index is 1490. The SMILES string of the molecule is C#CC(C)(C)CC(=O)OCC(C)(COC(=O)CC(C)(C)C#C)COC(=O)OC(C)OC(=O)CCC/C=C\C[C@@H]1[C@@H](CC[C@@H](O)CCc2ccccc2)[C@H](O)C[C@@H]1O. The monoisotopic (exact) mass is 796 g/mol. The fourth-order valence-electron chi connectivity index (χ4n) is 6.38. The Morgan fingerprint density at radius 1 is 0.807 bits per heavy atom. The second-order valence-electron chi connectivity index (χ2n) is 16.8. The van der Waals surface area contributed by atoms with Gasteiger partial charge in [0.15, 0.2) is 0 Å². The topological polar surface area (TPSA) is 175 Å². The van der Waals surface area contributed by atoms with E-state index in [2.05, 4.69) is 11.8 Å². The highest BCUT2D eigenvalue weighted by molar-refractivity contribution is 5.71. The predicted molar refractivity (Wildman–Crippen MR) is 214 cm³/mol. The molecule has 0 heterocycles. The molecule has 57 heavy (non-hydrogen) atoms. The van der Waals surface area contributed by atoms with Crippen molar-refractivity contribution in [3.05, 3.63) is 48.0 Å². The molecule has 0 aliphatic heterocycles. The van der Waals surface area contributed by atoms with Gasteiger partial charge < -0.3 is 39.0 Å². The predicted octanol–water partition coefficient (Wildman–Crippen LogP) is 6.47. The maximum atomic E-state index is 12.5. The molecule has 2 rings (SSSR count). The Labute approximate surface area is 339 Å². The van der Waals surface area contributed by atoms with Gasteiger partial charge in [-0.1, -0.05) is 54.3 Å². The lowest BCUT2D eigenvalue weighted by atomic mass is 9.85. The van der Waals surface area contributed by atoms with E-state index >= 15 is 0 Å². The van der Waals surface area contributed by atoms with Gasteiger partial charge in [-0.05, 0) is 103 Å². The van der Waals surface area contributed by atoms with Gasteiger partial charge >= 0.3 is 24.1 Å². The van der Waals surface area contributed by atoms with Gasteiger partial charge in [-0.15, -0.1) is 12.8 Å². The van der Waals surface area contributed by atoms with Gasteiger partial charge in [0.25, 0.3) is 0 Å². The number of aryl methyl sites for hydroxylation is 1. The number of rotatable bonds is 24. The Balaban J connectivity index is 1.77. The molecule has 6 atom stereocenters. The van der Waals surface area contributed by atoms with E-state index in [0.29, 0.717) is 44.9 Å². The summed E-state index contributed by atoms with van der Waals surface area (Å²) in [6.45, 7) is 8.89. The van der Waals surface area contributed by atoms with Gasteiger partial charge in [-0.25, -0.2) is 4.79 Å². The number of hydrogen-bond acceptors (Lipinski definition) is 12. The lowest BCUT2D eigenvalue weighted by Gasteiger charge is -2.29. The first-order valence-corrected chi connectivity index (χ1v) is 19.8. The summed E-state index contributed by atoms with van der Waals surface area (Å²) in [4.78, 5) is 49.9. The average molecular weight is 797 g/mol. The van der Waals surface area contributed by atoms with Crippen LogP contribution < -0.4 is 0 Å². The Hall–Kier alpha value is -4.36. The van der Waals surface area contributed by atoms with E-state index < -0.39 is 64.9 Å². The molecule has 0 bridgehead atoms. The number of carbonyl (C=O) groups excluding carboxylic acids is 4. The summed E-state index contributed by atoms with van der Waals surface area (Å²) in [6.07, 6.45) is 15.1. The van der Waals surface area contributed by atoms with Gasteiger partial charge in [0.05, 0.1) is 36.6 Å². The fourth-order valence-corrected chi connectivity index (χ4v) is 6.38. The van der Waals surface area contributed by atoms with Crippen LogP contribution in [-0.2, 0) is 44.5 Å². The first-order valence-electron chi connectivity index (χ1n) is 19.8. The van der Waals surface area contributed by atoms with E-state index in [1.165, 1.54) is 12.5 Å². The summed E-state index contributed by atoms with van der Waals surface area (Å²) >= 11 is 0. The Kier molecular flexibility index (Phi) is 20.3. The number of carbonyl (C=O) groups is 4. The highest BCUT2D eigenvalue weighted by Gasteiger charge is 2.40. The number of hydrogen-bond donors (Lipinski definition) is 3. The Morgan fingerprint density at radius 3 is 1.95 bits per heavy atom. The summed E-state index contributed by atoms with van der Waals surface area (Å²) in [6, 6.07) is 9.98. The number of allylic oxidation sites excluding steroid dienone is 2. The van der Waals surface area contributed by atoms with Gasteiger partial charge in [0.2, 0.25) is 6.29 Å². The van der Waals surface area contributed by atoms with Crippen LogP contribution in [-0.4, -0.2) is 83.8 Å². The molecule has 0 amide bonds. The highest BCUT2D eigenvalue weighted by atomic mass is 16.8. The number of terminal acetylenes is 2. The molecule has 12 heteroatoms. The number of aliphatic hydroxyl groups is 3. The Morgan fingerprint density at radius 2 is 1.37 bits per heavy atom. The molecular formula is C45H64O12. The lowest BCUT2D eigenvalue weighted by Crippen LogP contribution is -2.38. The standard InChI is InChI=1S/C45H64O12/c1-9-43(4,5)27-40(50)53-29-45(8,30-54-41(51)28-44(6,7)10-2)31-55-42(52)57-32(3)56-39(49)21-17-12-11-16-20-35-36(38(48)26-37(35)47)25-24-34(46)23-22-33-18-14-13-15-19-33/h1-2,11,13-16,18-19,32,34-38,46-48H,12,17,20-31H2,3-8H3/b16-11-/t32?,34-,35+,36+,37-,38+/m0/s1. The first-order chi connectivity index (χ1) is 26.8. The molecule has 1 aliphatic rings. The minimum atomic E-state index is -1.26. The van der Waals surface area contributed by atoms with E-state index in [4.69, 9.17) is 36.5 Å². The van der Waals surface area contributed by atoms with Crippen LogP contribution in [0, 0.1) is 52.8 Å². The van der Waals surface area contributed by atoms with Crippen LogP contribution in [0.1, 0.15) is 111 Å². The van der Waals surface area contributed by atoms with E-state index in [0.717, 1.165) is 6.42 Å². The quantitative estimate of drug-likeness (QED) is 0.0260. The smallest absolute Gasteiger partial charge is 0.465 e. The summed E-state index contributed by atoms with van der Waals surface area (Å²) < 4.78 is 26.4. The summed E-state index contributed by atoms with van der Waals surface area (Å²) in [5.74, 6) is 3.05. The van der Waals surface area contributed by atoms with Crippen LogP contribution in [0.2, 0.25) is 0 Å². The molecule has 1 aromatic rings. The van der Waals surface area contributed by atoms with Crippen LogP contribution in [0.4, 0.5) is 4.79 Å². The average Bonchev–Trinajstić information content (AvgIpc) is 3.42.